The van der Waals surface area contributed by atoms with Crippen molar-refractivity contribution in [2.45, 2.75) is 133 Å². The van der Waals surface area contributed by atoms with E-state index in [0.29, 0.717) is 18.4 Å². The Hall–Kier alpha value is -2.15. The van der Waals surface area contributed by atoms with E-state index in [9.17, 15) is 45.6 Å². The van der Waals surface area contributed by atoms with Gasteiger partial charge in [-0.2, -0.15) is 0 Å². The molecule has 0 bridgehead atoms. The Labute approximate surface area is 256 Å². The fourth-order valence-corrected chi connectivity index (χ4v) is 4.83. The molecule has 0 aromatic carbocycles. The second-order valence-electron chi connectivity index (χ2n) is 11.6. The van der Waals surface area contributed by atoms with E-state index in [2.05, 4.69) is 0 Å². The molecule has 10 nitrogen and oxygen atoms in total. The number of allylic oxidation sites excluding steroid dienone is 8. The second-order valence-corrected chi connectivity index (χ2v) is 11.6. The lowest BCUT2D eigenvalue weighted by atomic mass is 9.90. The molecule has 1 heterocycles. The van der Waals surface area contributed by atoms with Gasteiger partial charge in [0.05, 0.1) is 48.6 Å². The highest BCUT2D eigenvalue weighted by molar-refractivity contribution is 5.73. The average molecular weight is 611 g/mol. The van der Waals surface area contributed by atoms with Gasteiger partial charge in [0.1, 0.15) is 12.2 Å². The van der Waals surface area contributed by atoms with Crippen LogP contribution in [0.4, 0.5) is 0 Å². The lowest BCUT2D eigenvalue weighted by Crippen LogP contribution is -2.37. The lowest BCUT2D eigenvalue weighted by molar-refractivity contribution is -0.162. The molecule has 0 aliphatic carbocycles. The predicted molar refractivity (Wildman–Crippen MR) is 165 cm³/mol. The van der Waals surface area contributed by atoms with Gasteiger partial charge in [0, 0.05) is 12.8 Å². The van der Waals surface area contributed by atoms with E-state index < -0.39 is 66.8 Å². The molecule has 10 atom stereocenters. The summed E-state index contributed by atoms with van der Waals surface area (Å²) in [5.41, 5.74) is 0.622. The highest BCUT2D eigenvalue weighted by Crippen LogP contribution is 2.23. The van der Waals surface area contributed by atoms with Gasteiger partial charge in [0.25, 0.3) is 0 Å². The van der Waals surface area contributed by atoms with Crippen LogP contribution in [-0.2, 0) is 9.53 Å². The normalized spacial score (nSPS) is 39.7. The molecule has 0 saturated heterocycles. The number of esters is 1. The smallest absolute Gasteiger partial charge is 0.311 e. The Balaban J connectivity index is 3.06. The van der Waals surface area contributed by atoms with Gasteiger partial charge in [-0.05, 0) is 51.5 Å². The molecule has 8 N–H and O–H groups in total. The average Bonchev–Trinajstić information content (AvgIpc) is 2.90. The maximum atomic E-state index is 12.9. The fourth-order valence-electron chi connectivity index (χ4n) is 4.83. The fraction of sp³-hybridized carbons (Fsp3) is 0.667. The summed E-state index contributed by atoms with van der Waals surface area (Å²) >= 11 is 0. The van der Waals surface area contributed by atoms with E-state index in [1.165, 1.54) is 6.08 Å². The SMILES string of the molecule is CCCCC1C(=O)OC(C)C(O)\C=C/C=C\C=C/C=C\C=C(\C)C(O)CC(O)C[C@@H](O)CC(O)CC(O)CC(O)CC1O. The summed E-state index contributed by atoms with van der Waals surface area (Å²) in [4.78, 5) is 12.9. The molecule has 0 radical (unpaired) electrons. The molecule has 1 aliphatic rings. The Morgan fingerprint density at radius 2 is 1.16 bits per heavy atom. The largest absolute Gasteiger partial charge is 0.459 e. The van der Waals surface area contributed by atoms with Crippen LogP contribution < -0.4 is 0 Å². The Kier molecular flexibility index (Phi) is 19.5. The Bertz CT molecular complexity index is 927. The van der Waals surface area contributed by atoms with Gasteiger partial charge >= 0.3 is 5.97 Å². The van der Waals surface area contributed by atoms with E-state index in [4.69, 9.17) is 4.74 Å². The standard InChI is InChI=1S/C33H54O10/c1-4-5-14-29-32(41)21-28(38)19-26(36)17-24(34)16-25(35)18-27(37)20-31(40)22(2)13-11-9-7-6-8-10-12-15-30(39)23(3)43-33(29)42/h6-13,15,23-32,34-41H,4-5,14,16-21H2,1-3H3/b7-6-,10-8-,11-9-,15-12-,22-13-/t23?,24?,25-,26?,27?,28?,29?,30?,31?,32?/m0/s1. The third-order valence-corrected chi connectivity index (χ3v) is 7.46. The first-order valence-corrected chi connectivity index (χ1v) is 15.3. The summed E-state index contributed by atoms with van der Waals surface area (Å²) in [5, 5.41) is 83.5. The Morgan fingerprint density at radius 1 is 0.698 bits per heavy atom. The number of carbonyl (C=O) groups excluding carboxylic acids is 1. The minimum atomic E-state index is -1.25. The lowest BCUT2D eigenvalue weighted by Gasteiger charge is -2.27. The molecule has 43 heavy (non-hydrogen) atoms. The molecule has 0 aromatic rings. The molecule has 9 unspecified atom stereocenters. The molecule has 1 aliphatic heterocycles. The first-order chi connectivity index (χ1) is 20.3. The van der Waals surface area contributed by atoms with Crippen molar-refractivity contribution in [3.63, 3.8) is 0 Å². The molecule has 0 aromatic heterocycles. The van der Waals surface area contributed by atoms with Crippen LogP contribution in [0.3, 0.4) is 0 Å². The molecule has 246 valence electrons. The molecule has 0 saturated carbocycles. The van der Waals surface area contributed by atoms with Crippen molar-refractivity contribution in [3.8, 4) is 0 Å². The van der Waals surface area contributed by atoms with Crippen LogP contribution in [0.25, 0.3) is 0 Å². The third kappa shape index (κ3) is 17.1. The van der Waals surface area contributed by atoms with Crippen molar-refractivity contribution in [1.82, 2.24) is 0 Å². The number of hydrogen-bond acceptors (Lipinski definition) is 10. The molecule has 0 amide bonds. The van der Waals surface area contributed by atoms with E-state index in [0.717, 1.165) is 6.42 Å². The van der Waals surface area contributed by atoms with Gasteiger partial charge in [-0.25, -0.2) is 0 Å². The molecule has 10 heteroatoms. The highest BCUT2D eigenvalue weighted by Gasteiger charge is 2.32. The number of hydrogen-bond donors (Lipinski definition) is 8. The number of ether oxygens (including phenoxy) is 1. The number of aliphatic hydroxyl groups is 8. The van der Waals surface area contributed by atoms with Crippen molar-refractivity contribution in [2.24, 2.45) is 5.92 Å². The van der Waals surface area contributed by atoms with Gasteiger partial charge < -0.3 is 45.6 Å². The number of rotatable bonds is 3. The first kappa shape index (κ1) is 38.9. The zero-order valence-electron chi connectivity index (χ0n) is 25.7. The summed E-state index contributed by atoms with van der Waals surface area (Å²) in [7, 11) is 0. The van der Waals surface area contributed by atoms with Gasteiger partial charge in [-0.3, -0.25) is 4.79 Å². The van der Waals surface area contributed by atoms with Gasteiger partial charge in [0.2, 0.25) is 0 Å². The summed E-state index contributed by atoms with van der Waals surface area (Å²) in [6, 6.07) is 0. The van der Waals surface area contributed by atoms with Gasteiger partial charge in [-0.15, -0.1) is 0 Å². The summed E-state index contributed by atoms with van der Waals surface area (Å²) in [6.07, 6.45) is 6.60. The molecule has 1 rings (SSSR count). The molecule has 0 spiro atoms. The van der Waals surface area contributed by atoms with Crippen molar-refractivity contribution >= 4 is 5.97 Å². The van der Waals surface area contributed by atoms with Crippen molar-refractivity contribution in [1.29, 1.82) is 0 Å². The van der Waals surface area contributed by atoms with Gasteiger partial charge in [0.15, 0.2) is 0 Å². The van der Waals surface area contributed by atoms with Crippen LogP contribution in [0.15, 0.2) is 60.3 Å². The van der Waals surface area contributed by atoms with E-state index in [-0.39, 0.29) is 38.5 Å². The third-order valence-electron chi connectivity index (χ3n) is 7.46. The van der Waals surface area contributed by atoms with Crippen molar-refractivity contribution in [2.75, 3.05) is 0 Å². The van der Waals surface area contributed by atoms with Crippen molar-refractivity contribution in [3.05, 3.63) is 60.3 Å². The molecular formula is C33H54O10. The Morgan fingerprint density at radius 3 is 1.70 bits per heavy atom. The topological polar surface area (TPSA) is 188 Å². The first-order valence-electron chi connectivity index (χ1n) is 15.3. The van der Waals surface area contributed by atoms with Gasteiger partial charge in [-0.1, -0.05) is 74.4 Å². The molecular weight excluding hydrogens is 556 g/mol. The highest BCUT2D eigenvalue weighted by atomic mass is 16.6. The van der Waals surface area contributed by atoms with E-state index in [1.54, 1.807) is 62.5 Å². The van der Waals surface area contributed by atoms with Crippen molar-refractivity contribution < 1.29 is 50.4 Å². The maximum absolute atomic E-state index is 12.9. The number of unbranched alkanes of at least 4 members (excludes halogenated alkanes) is 1. The molecule has 0 fully saturated rings. The zero-order chi connectivity index (χ0) is 32.4. The van der Waals surface area contributed by atoms with Crippen LogP contribution in [0.2, 0.25) is 0 Å². The van der Waals surface area contributed by atoms with E-state index in [1.807, 2.05) is 6.92 Å². The van der Waals surface area contributed by atoms with E-state index >= 15 is 0 Å². The minimum Gasteiger partial charge on any atom is -0.459 e. The zero-order valence-corrected chi connectivity index (χ0v) is 25.7. The number of carbonyl (C=O) groups is 1. The van der Waals surface area contributed by atoms with Crippen LogP contribution in [0, 0.1) is 5.92 Å². The number of aliphatic hydroxyl groups excluding tert-OH is 8. The number of cyclic esters (lactones) is 1. The van der Waals surface area contributed by atoms with Crippen LogP contribution in [0.1, 0.15) is 78.6 Å². The van der Waals surface area contributed by atoms with Crippen LogP contribution in [0.5, 0.6) is 0 Å². The predicted octanol–water partition coefficient (Wildman–Crippen LogP) is 2.14. The quantitative estimate of drug-likeness (QED) is 0.220. The maximum Gasteiger partial charge on any atom is 0.311 e. The summed E-state index contributed by atoms with van der Waals surface area (Å²) in [5.74, 6) is -1.62. The van der Waals surface area contributed by atoms with Crippen LogP contribution >= 0.6 is 0 Å². The summed E-state index contributed by atoms with van der Waals surface area (Å²) in [6.45, 7) is 5.21. The minimum absolute atomic E-state index is 0.00262. The second kappa shape index (κ2) is 21.5. The van der Waals surface area contributed by atoms with Crippen LogP contribution in [-0.4, -0.2) is 102 Å². The monoisotopic (exact) mass is 610 g/mol. The summed E-state index contributed by atoms with van der Waals surface area (Å²) < 4.78 is 5.45.